The summed E-state index contributed by atoms with van der Waals surface area (Å²) >= 11 is 0. The first-order valence-electron chi connectivity index (χ1n) is 4.77. The van der Waals surface area contributed by atoms with Crippen LogP contribution in [0.5, 0.6) is 0 Å². The van der Waals surface area contributed by atoms with E-state index in [-0.39, 0.29) is 11.3 Å². The van der Waals surface area contributed by atoms with Gasteiger partial charge in [0.15, 0.2) is 5.78 Å². The number of Topliss-reactive ketones (excluding diaryl/α,β-unsaturated/α-hetero) is 1. The zero-order valence-corrected chi connectivity index (χ0v) is 9.00. The molecule has 0 aliphatic heterocycles. The highest BCUT2D eigenvalue weighted by Gasteiger charge is 2.11. The minimum Gasteiger partial charge on any atom is -0.325 e. The molecule has 0 heterocycles. The Morgan fingerprint density at radius 1 is 1.29 bits per heavy atom. The first-order valence-corrected chi connectivity index (χ1v) is 4.77. The lowest BCUT2D eigenvalue weighted by Gasteiger charge is -2.18. The highest BCUT2D eigenvalue weighted by molar-refractivity contribution is 5.93. The maximum atomic E-state index is 11.0. The number of benzene rings is 1. The van der Waals surface area contributed by atoms with Gasteiger partial charge in [-0.05, 0) is 32.8 Å². The van der Waals surface area contributed by atoms with Gasteiger partial charge in [0.1, 0.15) is 0 Å². The molecule has 0 saturated heterocycles. The predicted molar refractivity (Wildman–Crippen MR) is 58.4 cm³/mol. The SMILES string of the molecule is CC(=O)c1ccc(CC(C)(C)N)cc1. The number of carbonyl (C=O) groups is 1. The van der Waals surface area contributed by atoms with E-state index in [2.05, 4.69) is 0 Å². The zero-order chi connectivity index (χ0) is 10.8. The van der Waals surface area contributed by atoms with Gasteiger partial charge in [0, 0.05) is 11.1 Å². The third-order valence-corrected chi connectivity index (χ3v) is 2.02. The van der Waals surface area contributed by atoms with Gasteiger partial charge in [0.05, 0.1) is 0 Å². The Balaban J connectivity index is 2.79. The van der Waals surface area contributed by atoms with Crippen LogP contribution in [0.4, 0.5) is 0 Å². The minimum absolute atomic E-state index is 0.101. The largest absolute Gasteiger partial charge is 0.325 e. The fraction of sp³-hybridized carbons (Fsp3) is 0.417. The van der Waals surface area contributed by atoms with Crippen molar-refractivity contribution >= 4 is 5.78 Å². The second kappa shape index (κ2) is 3.93. The van der Waals surface area contributed by atoms with E-state index in [0.717, 1.165) is 12.0 Å². The summed E-state index contributed by atoms with van der Waals surface area (Å²) in [7, 11) is 0. The Labute approximate surface area is 85.1 Å². The average Bonchev–Trinajstić information content (AvgIpc) is 2.02. The van der Waals surface area contributed by atoms with Crippen LogP contribution in [0.2, 0.25) is 0 Å². The number of carbonyl (C=O) groups excluding carboxylic acids is 1. The van der Waals surface area contributed by atoms with Crippen LogP contribution >= 0.6 is 0 Å². The molecule has 0 atom stereocenters. The Bertz CT molecular complexity index is 319. The normalized spacial score (nSPS) is 11.4. The van der Waals surface area contributed by atoms with Crippen molar-refractivity contribution in [1.82, 2.24) is 0 Å². The molecule has 0 fully saturated rings. The lowest BCUT2D eigenvalue weighted by molar-refractivity contribution is 0.101. The third-order valence-electron chi connectivity index (χ3n) is 2.02. The predicted octanol–water partition coefficient (Wildman–Crippen LogP) is 2.17. The molecule has 0 spiro atoms. The topological polar surface area (TPSA) is 43.1 Å². The number of hydrogen-bond acceptors (Lipinski definition) is 2. The third kappa shape index (κ3) is 3.30. The van der Waals surface area contributed by atoms with Gasteiger partial charge in [0.2, 0.25) is 0 Å². The first-order chi connectivity index (χ1) is 6.38. The van der Waals surface area contributed by atoms with E-state index >= 15 is 0 Å². The van der Waals surface area contributed by atoms with Crippen molar-refractivity contribution in [3.05, 3.63) is 35.4 Å². The molecule has 0 radical (unpaired) electrons. The summed E-state index contributed by atoms with van der Waals surface area (Å²) in [5, 5.41) is 0. The fourth-order valence-electron chi connectivity index (χ4n) is 1.38. The molecule has 0 aliphatic carbocycles. The smallest absolute Gasteiger partial charge is 0.159 e. The highest BCUT2D eigenvalue weighted by atomic mass is 16.1. The number of rotatable bonds is 3. The molecule has 14 heavy (non-hydrogen) atoms. The van der Waals surface area contributed by atoms with Crippen LogP contribution in [0.25, 0.3) is 0 Å². The quantitative estimate of drug-likeness (QED) is 0.744. The molecule has 1 rings (SSSR count). The molecule has 0 amide bonds. The second-order valence-electron chi connectivity index (χ2n) is 4.42. The standard InChI is InChI=1S/C12H17NO/c1-9(14)11-6-4-10(5-7-11)8-12(2,3)13/h4-7H,8,13H2,1-3H3. The molecule has 2 heteroatoms. The number of hydrogen-bond donors (Lipinski definition) is 1. The van der Waals surface area contributed by atoms with Gasteiger partial charge in [-0.25, -0.2) is 0 Å². The van der Waals surface area contributed by atoms with E-state index in [4.69, 9.17) is 5.73 Å². The Morgan fingerprint density at radius 2 is 1.79 bits per heavy atom. The summed E-state index contributed by atoms with van der Waals surface area (Å²) in [6.45, 7) is 5.56. The van der Waals surface area contributed by atoms with Gasteiger partial charge < -0.3 is 5.73 Å². The van der Waals surface area contributed by atoms with Crippen LogP contribution in [-0.2, 0) is 6.42 Å². The van der Waals surface area contributed by atoms with Crippen LogP contribution < -0.4 is 5.73 Å². The Morgan fingerprint density at radius 3 is 2.14 bits per heavy atom. The summed E-state index contributed by atoms with van der Waals surface area (Å²) in [6.07, 6.45) is 0.825. The van der Waals surface area contributed by atoms with Gasteiger partial charge in [-0.1, -0.05) is 24.3 Å². The Kier molecular flexibility index (Phi) is 3.06. The second-order valence-corrected chi connectivity index (χ2v) is 4.42. The van der Waals surface area contributed by atoms with Gasteiger partial charge in [-0.2, -0.15) is 0 Å². The van der Waals surface area contributed by atoms with Crippen molar-refractivity contribution in [2.24, 2.45) is 5.73 Å². The minimum atomic E-state index is -0.197. The monoisotopic (exact) mass is 191 g/mol. The molecule has 0 unspecified atom stereocenters. The number of ketones is 1. The van der Waals surface area contributed by atoms with Crippen LogP contribution in [-0.4, -0.2) is 11.3 Å². The van der Waals surface area contributed by atoms with E-state index in [9.17, 15) is 4.79 Å². The van der Waals surface area contributed by atoms with E-state index in [0.29, 0.717) is 0 Å². The van der Waals surface area contributed by atoms with E-state index in [1.165, 1.54) is 5.56 Å². The van der Waals surface area contributed by atoms with Gasteiger partial charge in [-0.3, -0.25) is 4.79 Å². The maximum absolute atomic E-state index is 11.0. The molecule has 0 aromatic heterocycles. The van der Waals surface area contributed by atoms with Gasteiger partial charge in [-0.15, -0.1) is 0 Å². The van der Waals surface area contributed by atoms with Crippen molar-refractivity contribution in [1.29, 1.82) is 0 Å². The van der Waals surface area contributed by atoms with Crippen LogP contribution in [0.15, 0.2) is 24.3 Å². The number of nitrogens with two attached hydrogens (primary N) is 1. The molecule has 2 nitrogen and oxygen atoms in total. The van der Waals surface area contributed by atoms with Crippen molar-refractivity contribution < 1.29 is 4.79 Å². The van der Waals surface area contributed by atoms with Gasteiger partial charge in [0.25, 0.3) is 0 Å². The molecule has 0 aliphatic rings. The molecule has 2 N–H and O–H groups in total. The van der Waals surface area contributed by atoms with E-state index in [1.807, 2.05) is 38.1 Å². The molecule has 1 aromatic carbocycles. The summed E-state index contributed by atoms with van der Waals surface area (Å²) in [6, 6.07) is 7.63. The molecular weight excluding hydrogens is 174 g/mol. The van der Waals surface area contributed by atoms with Crippen molar-refractivity contribution in [2.45, 2.75) is 32.7 Å². The summed E-state index contributed by atoms with van der Waals surface area (Å²) in [5.41, 5.74) is 7.62. The van der Waals surface area contributed by atoms with Crippen LogP contribution in [0, 0.1) is 0 Å². The summed E-state index contributed by atoms with van der Waals surface area (Å²) < 4.78 is 0. The van der Waals surface area contributed by atoms with Crippen LogP contribution in [0.1, 0.15) is 36.7 Å². The van der Waals surface area contributed by atoms with Crippen molar-refractivity contribution in [3.8, 4) is 0 Å². The highest BCUT2D eigenvalue weighted by Crippen LogP contribution is 2.11. The van der Waals surface area contributed by atoms with E-state index in [1.54, 1.807) is 6.92 Å². The first kappa shape index (κ1) is 10.9. The maximum Gasteiger partial charge on any atom is 0.159 e. The van der Waals surface area contributed by atoms with Crippen LogP contribution in [0.3, 0.4) is 0 Å². The summed E-state index contributed by atoms with van der Waals surface area (Å²) in [5.74, 6) is 0.101. The zero-order valence-electron chi connectivity index (χ0n) is 9.00. The molecule has 0 bridgehead atoms. The van der Waals surface area contributed by atoms with E-state index < -0.39 is 0 Å². The summed E-state index contributed by atoms with van der Waals surface area (Å²) in [4.78, 5) is 11.0. The molecule has 76 valence electrons. The molecule has 0 saturated carbocycles. The van der Waals surface area contributed by atoms with Crippen molar-refractivity contribution in [2.75, 3.05) is 0 Å². The molecular formula is C12H17NO. The van der Waals surface area contributed by atoms with Crippen molar-refractivity contribution in [3.63, 3.8) is 0 Å². The average molecular weight is 191 g/mol. The van der Waals surface area contributed by atoms with Gasteiger partial charge >= 0.3 is 0 Å². The lowest BCUT2D eigenvalue weighted by atomic mass is 9.95. The molecule has 1 aromatic rings. The lowest BCUT2D eigenvalue weighted by Crippen LogP contribution is -2.34. The fourth-order valence-corrected chi connectivity index (χ4v) is 1.38. The Hall–Kier alpha value is -1.15.